The average Bonchev–Trinajstić information content (AvgIpc) is 3.09. The Labute approximate surface area is 207 Å². The van der Waals surface area contributed by atoms with E-state index in [1.165, 1.54) is 11.0 Å². The fourth-order valence-electron chi connectivity index (χ4n) is 4.09. The first-order chi connectivity index (χ1) is 16.8. The molecule has 1 fully saturated rings. The smallest absolute Gasteiger partial charge is 0.295 e. The average molecular weight is 482 g/mol. The van der Waals surface area contributed by atoms with Crippen molar-refractivity contribution in [1.82, 2.24) is 4.90 Å². The lowest BCUT2D eigenvalue weighted by Gasteiger charge is -2.26. The van der Waals surface area contributed by atoms with E-state index < -0.39 is 17.7 Å². The zero-order valence-corrected chi connectivity index (χ0v) is 20.9. The van der Waals surface area contributed by atoms with E-state index in [9.17, 15) is 19.8 Å². The number of likely N-dealkylation sites (tertiary alicyclic amines) is 1. The Bertz CT molecular complexity index is 1070. The lowest BCUT2D eigenvalue weighted by atomic mass is 9.95. The number of rotatable bonds is 11. The molecule has 1 heterocycles. The third-order valence-electron chi connectivity index (χ3n) is 5.85. The molecule has 0 saturated carbocycles. The largest absolute Gasteiger partial charge is 0.507 e. The summed E-state index contributed by atoms with van der Waals surface area (Å²) in [5.41, 5.74) is 1.03. The number of hydrogen-bond acceptors (Lipinski definition) is 6. The fourth-order valence-corrected chi connectivity index (χ4v) is 4.09. The molecule has 3 rings (SSSR count). The van der Waals surface area contributed by atoms with Gasteiger partial charge in [0, 0.05) is 12.1 Å². The maximum Gasteiger partial charge on any atom is 0.295 e. The second kappa shape index (κ2) is 11.8. The second-order valence-corrected chi connectivity index (χ2v) is 9.09. The van der Waals surface area contributed by atoms with Crippen molar-refractivity contribution in [3.63, 3.8) is 0 Å². The molecule has 1 saturated heterocycles. The summed E-state index contributed by atoms with van der Waals surface area (Å²) in [5, 5.41) is 21.4. The van der Waals surface area contributed by atoms with Gasteiger partial charge < -0.3 is 24.6 Å². The van der Waals surface area contributed by atoms with Gasteiger partial charge >= 0.3 is 0 Å². The molecule has 2 aromatic rings. The standard InChI is InChI=1S/C28H35NO6/c1-5-7-8-15-29-25(20-11-14-22(30)23(16-20)34-6-2)24(27(32)28(29)33)26(31)19-9-12-21(13-10-19)35-17-18(3)4/h9-14,16,18,25,30-31H,5-8,15,17H2,1-4H3/b26-24-. The molecule has 1 amide bonds. The van der Waals surface area contributed by atoms with Crippen LogP contribution < -0.4 is 9.47 Å². The maximum absolute atomic E-state index is 13.2. The molecule has 0 radical (unpaired) electrons. The molecule has 35 heavy (non-hydrogen) atoms. The van der Waals surface area contributed by atoms with Gasteiger partial charge in [0.2, 0.25) is 0 Å². The first-order valence-corrected chi connectivity index (χ1v) is 12.3. The molecule has 0 aliphatic carbocycles. The maximum atomic E-state index is 13.2. The number of phenolic OH excluding ortho intramolecular Hbond substituents is 1. The summed E-state index contributed by atoms with van der Waals surface area (Å²) < 4.78 is 11.2. The van der Waals surface area contributed by atoms with Crippen molar-refractivity contribution in [3.8, 4) is 17.2 Å². The number of amides is 1. The fraction of sp³-hybridized carbons (Fsp3) is 0.429. The number of Topliss-reactive ketones (excluding diaryl/α,β-unsaturated/α-hetero) is 1. The van der Waals surface area contributed by atoms with Crippen LogP contribution in [0.5, 0.6) is 17.2 Å². The number of aromatic hydroxyl groups is 1. The topological polar surface area (TPSA) is 96.3 Å². The number of nitrogens with zero attached hydrogens (tertiary/aromatic N) is 1. The second-order valence-electron chi connectivity index (χ2n) is 9.09. The first-order valence-electron chi connectivity index (χ1n) is 12.3. The number of ketones is 1. The first kappa shape index (κ1) is 26.1. The molecule has 2 N–H and O–H groups in total. The predicted molar refractivity (Wildman–Crippen MR) is 135 cm³/mol. The van der Waals surface area contributed by atoms with Gasteiger partial charge in [-0.3, -0.25) is 9.59 Å². The van der Waals surface area contributed by atoms with E-state index in [1.807, 2.05) is 0 Å². The van der Waals surface area contributed by atoms with Crippen molar-refractivity contribution < 1.29 is 29.3 Å². The van der Waals surface area contributed by atoms with Gasteiger partial charge in [0.05, 0.1) is 24.8 Å². The number of carbonyl (C=O) groups is 2. The molecule has 0 spiro atoms. The number of phenols is 1. The molecular weight excluding hydrogens is 446 g/mol. The third kappa shape index (κ3) is 5.96. The zero-order valence-electron chi connectivity index (χ0n) is 20.9. The van der Waals surface area contributed by atoms with Gasteiger partial charge in [-0.1, -0.05) is 39.7 Å². The van der Waals surface area contributed by atoms with Crippen molar-refractivity contribution in [3.05, 3.63) is 59.2 Å². The van der Waals surface area contributed by atoms with Crippen LogP contribution in [0.3, 0.4) is 0 Å². The summed E-state index contributed by atoms with van der Waals surface area (Å²) in [6.45, 7) is 9.27. The Hall–Kier alpha value is -3.48. The molecule has 1 aliphatic heterocycles. The Morgan fingerprint density at radius 2 is 1.74 bits per heavy atom. The monoisotopic (exact) mass is 481 g/mol. The van der Waals surface area contributed by atoms with Crippen LogP contribution in [0.1, 0.15) is 64.1 Å². The predicted octanol–water partition coefficient (Wildman–Crippen LogP) is 5.44. The Morgan fingerprint density at radius 1 is 1.03 bits per heavy atom. The van der Waals surface area contributed by atoms with Gasteiger partial charge in [-0.2, -0.15) is 0 Å². The number of aliphatic hydroxyl groups is 1. The Balaban J connectivity index is 2.06. The van der Waals surface area contributed by atoms with Gasteiger partial charge in [-0.15, -0.1) is 0 Å². The van der Waals surface area contributed by atoms with Gasteiger partial charge in [0.15, 0.2) is 11.5 Å². The molecule has 1 unspecified atom stereocenters. The zero-order chi connectivity index (χ0) is 25.5. The molecule has 0 bridgehead atoms. The quantitative estimate of drug-likeness (QED) is 0.192. The van der Waals surface area contributed by atoms with E-state index in [4.69, 9.17) is 9.47 Å². The van der Waals surface area contributed by atoms with Crippen molar-refractivity contribution >= 4 is 17.4 Å². The lowest BCUT2D eigenvalue weighted by molar-refractivity contribution is -0.139. The van der Waals surface area contributed by atoms with Gasteiger partial charge in [0.25, 0.3) is 11.7 Å². The molecule has 7 nitrogen and oxygen atoms in total. The number of hydrogen-bond donors (Lipinski definition) is 2. The normalized spacial score (nSPS) is 17.3. The van der Waals surface area contributed by atoms with Crippen LogP contribution in [0.15, 0.2) is 48.0 Å². The summed E-state index contributed by atoms with van der Waals surface area (Å²) in [7, 11) is 0. The van der Waals surface area contributed by atoms with Crippen LogP contribution in [0.4, 0.5) is 0 Å². The summed E-state index contributed by atoms with van der Waals surface area (Å²) in [4.78, 5) is 27.7. The van der Waals surface area contributed by atoms with Crippen LogP contribution in [-0.4, -0.2) is 46.6 Å². The summed E-state index contributed by atoms with van der Waals surface area (Å²) >= 11 is 0. The van der Waals surface area contributed by atoms with Crippen LogP contribution in [0, 0.1) is 5.92 Å². The van der Waals surface area contributed by atoms with E-state index >= 15 is 0 Å². The molecule has 1 atom stereocenters. The van der Waals surface area contributed by atoms with E-state index in [2.05, 4.69) is 20.8 Å². The minimum Gasteiger partial charge on any atom is -0.507 e. The van der Waals surface area contributed by atoms with Crippen molar-refractivity contribution in [2.45, 2.75) is 53.0 Å². The molecule has 7 heteroatoms. The SMILES string of the molecule is CCCCCN1C(=O)C(=O)/C(=C(\O)c2ccc(OCC(C)C)cc2)C1c1ccc(O)c(OCC)c1. The van der Waals surface area contributed by atoms with Gasteiger partial charge in [-0.25, -0.2) is 0 Å². The number of carbonyl (C=O) groups excluding carboxylic acids is 2. The van der Waals surface area contributed by atoms with Crippen molar-refractivity contribution in [1.29, 1.82) is 0 Å². The van der Waals surface area contributed by atoms with Crippen LogP contribution in [0.25, 0.3) is 5.76 Å². The minimum absolute atomic E-state index is 0.0236. The third-order valence-corrected chi connectivity index (χ3v) is 5.85. The summed E-state index contributed by atoms with van der Waals surface area (Å²) in [6, 6.07) is 10.8. The van der Waals surface area contributed by atoms with Crippen LogP contribution in [-0.2, 0) is 9.59 Å². The lowest BCUT2D eigenvalue weighted by Crippen LogP contribution is -2.30. The van der Waals surface area contributed by atoms with Crippen molar-refractivity contribution in [2.24, 2.45) is 5.92 Å². The summed E-state index contributed by atoms with van der Waals surface area (Å²) in [6.07, 6.45) is 2.61. The summed E-state index contributed by atoms with van der Waals surface area (Å²) in [5.74, 6) is -0.352. The molecule has 2 aromatic carbocycles. The van der Waals surface area contributed by atoms with Crippen LogP contribution >= 0.6 is 0 Å². The number of aliphatic hydroxyl groups excluding tert-OH is 1. The van der Waals surface area contributed by atoms with Gasteiger partial charge in [0.1, 0.15) is 11.5 Å². The van der Waals surface area contributed by atoms with E-state index in [-0.39, 0.29) is 22.8 Å². The van der Waals surface area contributed by atoms with Gasteiger partial charge in [-0.05, 0) is 61.2 Å². The highest BCUT2D eigenvalue weighted by molar-refractivity contribution is 6.46. The highest BCUT2D eigenvalue weighted by Gasteiger charge is 2.46. The molecular formula is C28H35NO6. The highest BCUT2D eigenvalue weighted by atomic mass is 16.5. The molecule has 188 valence electrons. The van der Waals surface area contributed by atoms with E-state index in [0.717, 1.165) is 19.3 Å². The van der Waals surface area contributed by atoms with E-state index in [1.54, 1.807) is 43.3 Å². The number of ether oxygens (including phenoxy) is 2. The molecule has 1 aliphatic rings. The number of benzene rings is 2. The van der Waals surface area contributed by atoms with E-state index in [0.29, 0.717) is 42.6 Å². The van der Waals surface area contributed by atoms with Crippen LogP contribution in [0.2, 0.25) is 0 Å². The Morgan fingerprint density at radius 3 is 2.37 bits per heavy atom. The highest BCUT2D eigenvalue weighted by Crippen LogP contribution is 2.42. The van der Waals surface area contributed by atoms with Crippen molar-refractivity contribution in [2.75, 3.05) is 19.8 Å². The Kier molecular flexibility index (Phi) is 8.79. The minimum atomic E-state index is -0.788. The number of unbranched alkanes of at least 4 members (excludes halogenated alkanes) is 2. The molecule has 0 aromatic heterocycles.